The molecule has 0 aromatic heterocycles. The van der Waals surface area contributed by atoms with Crippen molar-refractivity contribution in [3.8, 4) is 0 Å². The summed E-state index contributed by atoms with van der Waals surface area (Å²) in [6, 6.07) is 0. The molecule has 0 saturated carbocycles. The fraction of sp³-hybridized carbons (Fsp3) is 0.824. The Bertz CT molecular complexity index is 515. The third-order valence-electron chi connectivity index (χ3n) is 5.39. The summed E-state index contributed by atoms with van der Waals surface area (Å²) in [4.78, 5) is 35.5. The molecule has 7 heteroatoms. The highest BCUT2D eigenvalue weighted by Gasteiger charge is 2.46. The van der Waals surface area contributed by atoms with E-state index in [1.807, 2.05) is 23.9 Å². The molecule has 134 valence electrons. The van der Waals surface area contributed by atoms with Crippen molar-refractivity contribution in [1.29, 1.82) is 0 Å². The molecule has 2 fully saturated rings. The third kappa shape index (κ3) is 3.55. The normalized spacial score (nSPS) is 24.5. The average molecular weight is 335 g/mol. The second kappa shape index (κ2) is 7.09. The number of rotatable bonds is 2. The van der Waals surface area contributed by atoms with Gasteiger partial charge < -0.3 is 9.80 Å². The van der Waals surface area contributed by atoms with Gasteiger partial charge in [-0.25, -0.2) is 4.99 Å². The van der Waals surface area contributed by atoms with E-state index in [4.69, 9.17) is 0 Å². The van der Waals surface area contributed by atoms with Crippen LogP contribution in [0.1, 0.15) is 38.5 Å². The van der Waals surface area contributed by atoms with Gasteiger partial charge in [-0.15, -0.1) is 0 Å². The first-order chi connectivity index (χ1) is 11.5. The number of aliphatic imine (C=N–C) groups is 1. The van der Waals surface area contributed by atoms with Crippen molar-refractivity contribution in [2.24, 2.45) is 4.99 Å². The van der Waals surface area contributed by atoms with Crippen LogP contribution in [0.25, 0.3) is 0 Å². The molecular formula is C17H29N5O2. The van der Waals surface area contributed by atoms with E-state index >= 15 is 0 Å². The molecule has 0 radical (unpaired) electrons. The van der Waals surface area contributed by atoms with Gasteiger partial charge in [-0.05, 0) is 38.8 Å². The largest absolute Gasteiger partial charge is 0.349 e. The van der Waals surface area contributed by atoms with Crippen LogP contribution in [0.15, 0.2) is 4.99 Å². The Morgan fingerprint density at radius 3 is 2.29 bits per heavy atom. The molecule has 0 bridgehead atoms. The zero-order chi connectivity index (χ0) is 17.2. The molecular weight excluding hydrogens is 306 g/mol. The predicted molar refractivity (Wildman–Crippen MR) is 92.7 cm³/mol. The van der Waals surface area contributed by atoms with Crippen LogP contribution in [-0.2, 0) is 9.59 Å². The molecule has 2 saturated heterocycles. The van der Waals surface area contributed by atoms with Crippen LogP contribution >= 0.6 is 0 Å². The smallest absolute Gasteiger partial charge is 0.254 e. The maximum Gasteiger partial charge on any atom is 0.254 e. The average Bonchev–Trinajstić information content (AvgIpc) is 2.74. The van der Waals surface area contributed by atoms with Gasteiger partial charge in [0, 0.05) is 27.2 Å². The van der Waals surface area contributed by atoms with Crippen molar-refractivity contribution in [3.63, 3.8) is 0 Å². The molecule has 3 aliphatic rings. The molecule has 0 aliphatic carbocycles. The molecule has 3 rings (SSSR count). The van der Waals surface area contributed by atoms with Gasteiger partial charge in [-0.1, -0.05) is 12.8 Å². The Balaban J connectivity index is 1.55. The molecule has 3 heterocycles. The van der Waals surface area contributed by atoms with Crippen LogP contribution < -0.4 is 5.32 Å². The summed E-state index contributed by atoms with van der Waals surface area (Å²) in [6.45, 7) is 3.81. The molecule has 0 unspecified atom stereocenters. The van der Waals surface area contributed by atoms with Crippen molar-refractivity contribution in [3.05, 3.63) is 0 Å². The van der Waals surface area contributed by atoms with Crippen LogP contribution in [-0.4, -0.2) is 84.8 Å². The number of carbonyl (C=O) groups is 2. The summed E-state index contributed by atoms with van der Waals surface area (Å²) in [5.41, 5.74) is -0.668. The Hall–Kier alpha value is -1.63. The van der Waals surface area contributed by atoms with Crippen LogP contribution in [0.4, 0.5) is 0 Å². The lowest BCUT2D eigenvalue weighted by Gasteiger charge is -2.36. The molecule has 1 spiro atoms. The minimum atomic E-state index is -0.668. The van der Waals surface area contributed by atoms with E-state index in [2.05, 4.69) is 15.2 Å². The van der Waals surface area contributed by atoms with Gasteiger partial charge in [0.15, 0.2) is 0 Å². The van der Waals surface area contributed by atoms with Crippen molar-refractivity contribution in [2.75, 3.05) is 46.8 Å². The fourth-order valence-electron chi connectivity index (χ4n) is 3.76. The number of carbonyl (C=O) groups excluding carboxylic acids is 2. The minimum absolute atomic E-state index is 0.0224. The van der Waals surface area contributed by atoms with Crippen molar-refractivity contribution in [2.45, 2.75) is 44.1 Å². The molecule has 2 amide bonds. The van der Waals surface area contributed by atoms with Gasteiger partial charge in [0.25, 0.3) is 5.91 Å². The van der Waals surface area contributed by atoms with Crippen LogP contribution in [0, 0.1) is 0 Å². The molecule has 1 N–H and O–H groups in total. The lowest BCUT2D eigenvalue weighted by atomic mass is 9.88. The highest BCUT2D eigenvalue weighted by Crippen LogP contribution is 2.30. The molecule has 24 heavy (non-hydrogen) atoms. The van der Waals surface area contributed by atoms with Gasteiger partial charge in [0.05, 0.1) is 6.54 Å². The van der Waals surface area contributed by atoms with Crippen molar-refractivity contribution < 1.29 is 9.59 Å². The van der Waals surface area contributed by atoms with E-state index < -0.39 is 5.54 Å². The minimum Gasteiger partial charge on any atom is -0.349 e. The maximum atomic E-state index is 12.6. The number of likely N-dealkylation sites (tertiary alicyclic amines) is 2. The first-order valence-corrected chi connectivity index (χ1v) is 9.09. The summed E-state index contributed by atoms with van der Waals surface area (Å²) >= 11 is 0. The number of nitrogens with zero attached hydrogens (tertiary/aromatic N) is 4. The summed E-state index contributed by atoms with van der Waals surface area (Å²) < 4.78 is 0. The standard InChI is InChI=1S/C17H29N5O2/c1-20(2)16-18-15(24)17(19-16)7-11-22(12-8-17)14(23)13-21-9-5-3-4-6-10-21/h3-13H2,1-2H3,(H,18,19,24). The maximum absolute atomic E-state index is 12.6. The summed E-state index contributed by atoms with van der Waals surface area (Å²) in [6.07, 6.45) is 6.16. The third-order valence-corrected chi connectivity index (χ3v) is 5.39. The highest BCUT2D eigenvalue weighted by atomic mass is 16.2. The second-order valence-electron chi connectivity index (χ2n) is 7.39. The Morgan fingerprint density at radius 1 is 1.12 bits per heavy atom. The monoisotopic (exact) mass is 335 g/mol. The van der Waals surface area contributed by atoms with E-state index in [-0.39, 0.29) is 11.8 Å². The van der Waals surface area contributed by atoms with Gasteiger partial charge in [-0.2, -0.15) is 0 Å². The zero-order valence-electron chi connectivity index (χ0n) is 14.9. The number of hydrogen-bond acceptors (Lipinski definition) is 5. The number of hydrogen-bond donors (Lipinski definition) is 1. The van der Waals surface area contributed by atoms with E-state index in [9.17, 15) is 9.59 Å². The van der Waals surface area contributed by atoms with E-state index in [1.165, 1.54) is 25.7 Å². The van der Waals surface area contributed by atoms with Crippen LogP contribution in [0.3, 0.4) is 0 Å². The topological polar surface area (TPSA) is 68.2 Å². The van der Waals surface area contributed by atoms with Crippen molar-refractivity contribution >= 4 is 17.8 Å². The van der Waals surface area contributed by atoms with Crippen molar-refractivity contribution in [1.82, 2.24) is 20.0 Å². The van der Waals surface area contributed by atoms with Gasteiger partial charge >= 0.3 is 0 Å². The van der Waals surface area contributed by atoms with E-state index in [0.717, 1.165) is 13.1 Å². The number of guanidine groups is 1. The first kappa shape index (κ1) is 17.2. The quantitative estimate of drug-likeness (QED) is 0.787. The predicted octanol–water partition coefficient (Wildman–Crippen LogP) is 0.271. The molecule has 0 atom stereocenters. The Morgan fingerprint density at radius 2 is 1.75 bits per heavy atom. The number of piperidine rings is 1. The summed E-state index contributed by atoms with van der Waals surface area (Å²) in [7, 11) is 3.75. The van der Waals surface area contributed by atoms with Gasteiger partial charge in [0.2, 0.25) is 11.9 Å². The number of nitrogens with one attached hydrogen (secondary N) is 1. The zero-order valence-corrected chi connectivity index (χ0v) is 14.9. The first-order valence-electron chi connectivity index (χ1n) is 9.09. The van der Waals surface area contributed by atoms with E-state index in [0.29, 0.717) is 38.4 Å². The molecule has 3 aliphatic heterocycles. The second-order valence-corrected chi connectivity index (χ2v) is 7.39. The molecule has 0 aromatic carbocycles. The lowest BCUT2D eigenvalue weighted by molar-refractivity contribution is -0.136. The SMILES string of the molecule is CN(C)C1=NC2(CCN(C(=O)CN3CCCCCC3)CC2)C(=O)N1. The van der Waals surface area contributed by atoms with E-state index in [1.54, 1.807) is 0 Å². The van der Waals surface area contributed by atoms with Gasteiger partial charge in [0.1, 0.15) is 5.54 Å². The lowest BCUT2D eigenvalue weighted by Crippen LogP contribution is -2.52. The Kier molecular flexibility index (Phi) is 5.08. The highest BCUT2D eigenvalue weighted by molar-refractivity contribution is 6.07. The number of amides is 2. The summed E-state index contributed by atoms with van der Waals surface area (Å²) in [5, 5.41) is 2.86. The van der Waals surface area contributed by atoms with Gasteiger partial charge in [-0.3, -0.25) is 19.8 Å². The molecule has 0 aromatic rings. The van der Waals surface area contributed by atoms with Crippen LogP contribution in [0.2, 0.25) is 0 Å². The molecule has 7 nitrogen and oxygen atoms in total. The Labute approximate surface area is 144 Å². The summed E-state index contributed by atoms with van der Waals surface area (Å²) in [5.74, 6) is 0.803. The fourth-order valence-corrected chi connectivity index (χ4v) is 3.76. The van der Waals surface area contributed by atoms with Crippen LogP contribution in [0.5, 0.6) is 0 Å².